The van der Waals surface area contributed by atoms with Gasteiger partial charge in [-0.25, -0.2) is 0 Å². The van der Waals surface area contributed by atoms with Crippen LogP contribution in [0.25, 0.3) is 0 Å². The molecule has 0 aromatic heterocycles. The molecule has 1 aliphatic rings. The Morgan fingerprint density at radius 3 is 3.05 bits per heavy atom. The number of halogens is 1. The number of nitrogens with zero attached hydrogens (tertiary/aromatic N) is 1. The number of carbonyl (C=O) groups is 1. The molecule has 1 saturated heterocycles. The first-order valence-electron chi connectivity index (χ1n) is 7.32. The number of hydrogen-bond acceptors (Lipinski definition) is 2. The van der Waals surface area contributed by atoms with Crippen molar-refractivity contribution in [1.82, 2.24) is 4.90 Å². The molecule has 4 heteroatoms. The summed E-state index contributed by atoms with van der Waals surface area (Å²) in [6.45, 7) is 3.12. The summed E-state index contributed by atoms with van der Waals surface area (Å²) in [7, 11) is 0. The SMILES string of the molecule is CCC1CCCCN1C(=O)CSCc1cccc(Cl)c1. The van der Waals surface area contributed by atoms with Gasteiger partial charge in [0.2, 0.25) is 5.91 Å². The van der Waals surface area contributed by atoms with E-state index in [0.29, 0.717) is 17.7 Å². The van der Waals surface area contributed by atoms with Gasteiger partial charge in [-0.1, -0.05) is 30.7 Å². The maximum Gasteiger partial charge on any atom is 0.232 e. The molecule has 1 heterocycles. The molecule has 1 aromatic rings. The maximum atomic E-state index is 12.3. The third kappa shape index (κ3) is 4.42. The van der Waals surface area contributed by atoms with E-state index in [1.54, 1.807) is 11.8 Å². The van der Waals surface area contributed by atoms with Crippen LogP contribution in [-0.4, -0.2) is 29.1 Å². The average Bonchev–Trinajstić information content (AvgIpc) is 2.47. The van der Waals surface area contributed by atoms with Gasteiger partial charge in [0.1, 0.15) is 0 Å². The van der Waals surface area contributed by atoms with E-state index < -0.39 is 0 Å². The highest BCUT2D eigenvalue weighted by molar-refractivity contribution is 7.99. The van der Waals surface area contributed by atoms with Gasteiger partial charge in [-0.05, 0) is 43.4 Å². The molecule has 0 aliphatic carbocycles. The highest BCUT2D eigenvalue weighted by atomic mass is 35.5. The lowest BCUT2D eigenvalue weighted by atomic mass is 10.0. The first-order chi connectivity index (χ1) is 9.70. The summed E-state index contributed by atoms with van der Waals surface area (Å²) in [6, 6.07) is 8.31. The van der Waals surface area contributed by atoms with Gasteiger partial charge in [-0.3, -0.25) is 4.79 Å². The van der Waals surface area contributed by atoms with Crippen LogP contribution in [0.4, 0.5) is 0 Å². The summed E-state index contributed by atoms with van der Waals surface area (Å²) in [5.41, 5.74) is 1.18. The molecule has 110 valence electrons. The van der Waals surface area contributed by atoms with E-state index in [1.807, 2.05) is 18.2 Å². The van der Waals surface area contributed by atoms with Crippen molar-refractivity contribution in [2.45, 2.75) is 44.4 Å². The molecule has 0 radical (unpaired) electrons. The second-order valence-electron chi connectivity index (χ2n) is 5.27. The monoisotopic (exact) mass is 311 g/mol. The number of hydrogen-bond donors (Lipinski definition) is 0. The van der Waals surface area contributed by atoms with Gasteiger partial charge in [-0.2, -0.15) is 0 Å². The summed E-state index contributed by atoms with van der Waals surface area (Å²) >= 11 is 7.64. The van der Waals surface area contributed by atoms with Crippen LogP contribution >= 0.6 is 23.4 Å². The largest absolute Gasteiger partial charge is 0.339 e. The first kappa shape index (κ1) is 15.7. The van der Waals surface area contributed by atoms with E-state index in [0.717, 1.165) is 30.2 Å². The fraction of sp³-hybridized carbons (Fsp3) is 0.562. The third-order valence-corrected chi connectivity index (χ3v) is 5.03. The number of carbonyl (C=O) groups excluding carboxylic acids is 1. The smallest absolute Gasteiger partial charge is 0.232 e. The van der Waals surface area contributed by atoms with Crippen LogP contribution in [0.3, 0.4) is 0 Å². The van der Waals surface area contributed by atoms with Gasteiger partial charge in [0.05, 0.1) is 5.75 Å². The lowest BCUT2D eigenvalue weighted by Crippen LogP contribution is -2.44. The van der Waals surface area contributed by atoms with Crippen LogP contribution in [0.2, 0.25) is 5.02 Å². The van der Waals surface area contributed by atoms with Gasteiger partial charge in [0.25, 0.3) is 0 Å². The zero-order valence-corrected chi connectivity index (χ0v) is 13.6. The van der Waals surface area contributed by atoms with E-state index in [2.05, 4.69) is 17.9 Å². The predicted octanol–water partition coefficient (Wildman–Crippen LogP) is 4.36. The van der Waals surface area contributed by atoms with Crippen LogP contribution < -0.4 is 0 Å². The first-order valence-corrected chi connectivity index (χ1v) is 8.85. The summed E-state index contributed by atoms with van der Waals surface area (Å²) in [5.74, 6) is 1.71. The van der Waals surface area contributed by atoms with E-state index in [9.17, 15) is 4.79 Å². The Kier molecular flexibility index (Phi) is 6.24. The number of amides is 1. The van der Waals surface area contributed by atoms with Crippen LogP contribution in [0.1, 0.15) is 38.2 Å². The van der Waals surface area contributed by atoms with Crippen LogP contribution in [0.15, 0.2) is 24.3 Å². The molecule has 20 heavy (non-hydrogen) atoms. The van der Waals surface area contributed by atoms with Gasteiger partial charge in [0.15, 0.2) is 0 Å². The molecule has 1 unspecified atom stereocenters. The quantitative estimate of drug-likeness (QED) is 0.805. The lowest BCUT2D eigenvalue weighted by molar-refractivity contribution is -0.132. The fourth-order valence-corrected chi connectivity index (χ4v) is 3.79. The third-order valence-electron chi connectivity index (χ3n) is 3.80. The van der Waals surface area contributed by atoms with Crippen molar-refractivity contribution in [3.05, 3.63) is 34.9 Å². The fourth-order valence-electron chi connectivity index (χ4n) is 2.72. The number of rotatable bonds is 5. The average molecular weight is 312 g/mol. The summed E-state index contributed by atoms with van der Waals surface area (Å²) in [6.07, 6.45) is 4.66. The minimum Gasteiger partial charge on any atom is -0.339 e. The highest BCUT2D eigenvalue weighted by Gasteiger charge is 2.24. The maximum absolute atomic E-state index is 12.3. The molecular formula is C16H22ClNOS. The molecule has 0 saturated carbocycles. The number of likely N-dealkylation sites (tertiary alicyclic amines) is 1. The van der Waals surface area contributed by atoms with Crippen molar-refractivity contribution in [1.29, 1.82) is 0 Å². The van der Waals surface area contributed by atoms with Crippen LogP contribution in [0.5, 0.6) is 0 Å². The Balaban J connectivity index is 1.79. The molecule has 1 amide bonds. The van der Waals surface area contributed by atoms with Crippen molar-refractivity contribution in [2.75, 3.05) is 12.3 Å². The molecule has 1 fully saturated rings. The second-order valence-corrected chi connectivity index (χ2v) is 6.69. The van der Waals surface area contributed by atoms with Gasteiger partial charge < -0.3 is 4.90 Å². The highest BCUT2D eigenvalue weighted by Crippen LogP contribution is 2.22. The van der Waals surface area contributed by atoms with Crippen molar-refractivity contribution in [3.63, 3.8) is 0 Å². The molecule has 0 spiro atoms. The molecule has 2 rings (SSSR count). The molecular weight excluding hydrogens is 290 g/mol. The summed E-state index contributed by atoms with van der Waals surface area (Å²) in [4.78, 5) is 14.4. The summed E-state index contributed by atoms with van der Waals surface area (Å²) in [5, 5.41) is 0.761. The Morgan fingerprint density at radius 1 is 1.45 bits per heavy atom. The Bertz CT molecular complexity index is 452. The molecule has 2 nitrogen and oxygen atoms in total. The molecule has 1 aromatic carbocycles. The standard InChI is InChI=1S/C16H22ClNOS/c1-2-15-8-3-4-9-18(15)16(19)12-20-11-13-6-5-7-14(17)10-13/h5-7,10,15H,2-4,8-9,11-12H2,1H3. The van der Waals surface area contributed by atoms with Gasteiger partial charge in [0, 0.05) is 23.4 Å². The molecule has 0 bridgehead atoms. The zero-order chi connectivity index (χ0) is 14.4. The van der Waals surface area contributed by atoms with Crippen molar-refractivity contribution in [2.24, 2.45) is 0 Å². The van der Waals surface area contributed by atoms with E-state index in [4.69, 9.17) is 11.6 Å². The van der Waals surface area contributed by atoms with Gasteiger partial charge >= 0.3 is 0 Å². The normalized spacial score (nSPS) is 19.1. The molecule has 1 aliphatic heterocycles. The Hall–Kier alpha value is -0.670. The number of benzene rings is 1. The van der Waals surface area contributed by atoms with Crippen molar-refractivity contribution in [3.8, 4) is 0 Å². The van der Waals surface area contributed by atoms with E-state index in [-0.39, 0.29) is 0 Å². The van der Waals surface area contributed by atoms with Crippen molar-refractivity contribution < 1.29 is 4.79 Å². The van der Waals surface area contributed by atoms with Crippen LogP contribution in [-0.2, 0) is 10.5 Å². The Labute approximate surface area is 130 Å². The minimum atomic E-state index is 0.295. The topological polar surface area (TPSA) is 20.3 Å². The minimum absolute atomic E-state index is 0.295. The van der Waals surface area contributed by atoms with E-state index in [1.165, 1.54) is 18.4 Å². The Morgan fingerprint density at radius 2 is 2.30 bits per heavy atom. The number of thioether (sulfide) groups is 1. The second kappa shape index (κ2) is 7.94. The zero-order valence-electron chi connectivity index (χ0n) is 12.0. The van der Waals surface area contributed by atoms with Gasteiger partial charge in [-0.15, -0.1) is 11.8 Å². The van der Waals surface area contributed by atoms with Crippen molar-refractivity contribution >= 4 is 29.3 Å². The van der Waals surface area contributed by atoms with Crippen LogP contribution in [0, 0.1) is 0 Å². The molecule has 1 atom stereocenters. The predicted molar refractivity (Wildman–Crippen MR) is 87.3 cm³/mol. The summed E-state index contributed by atoms with van der Waals surface area (Å²) < 4.78 is 0. The molecule has 0 N–H and O–H groups in total. The number of piperidine rings is 1. The lowest BCUT2D eigenvalue weighted by Gasteiger charge is -2.35. The van der Waals surface area contributed by atoms with E-state index >= 15 is 0 Å².